The van der Waals surface area contributed by atoms with Gasteiger partial charge in [-0.1, -0.05) is 18.1 Å². The second-order valence-corrected chi connectivity index (χ2v) is 5.14. The van der Waals surface area contributed by atoms with Gasteiger partial charge >= 0.3 is 0 Å². The van der Waals surface area contributed by atoms with Gasteiger partial charge in [0.2, 0.25) is 0 Å². The van der Waals surface area contributed by atoms with Crippen LogP contribution in [-0.4, -0.2) is 15.0 Å². The minimum absolute atomic E-state index is 0.584. The van der Waals surface area contributed by atoms with Gasteiger partial charge in [-0.3, -0.25) is 0 Å². The Bertz CT molecular complexity index is 361. The zero-order chi connectivity index (χ0) is 11.0. The van der Waals surface area contributed by atoms with Gasteiger partial charge in [-0.2, -0.15) is 0 Å². The topological polar surface area (TPSA) is 56.7 Å². The fourth-order valence-corrected chi connectivity index (χ4v) is 2.96. The Morgan fingerprint density at radius 2 is 1.88 bits per heavy atom. The lowest BCUT2D eigenvalue weighted by atomic mass is 9.92. The maximum atomic E-state index is 5.88. The van der Waals surface area contributed by atoms with Gasteiger partial charge in [0, 0.05) is 12.5 Å². The van der Waals surface area contributed by atoms with Gasteiger partial charge in [0.1, 0.15) is 0 Å². The summed E-state index contributed by atoms with van der Waals surface area (Å²) in [5, 5.41) is 8.75. The van der Waals surface area contributed by atoms with E-state index in [-0.39, 0.29) is 0 Å². The standard InChI is InChI=1S/C12H20N4/c13-8-11-12(9-4-1-2-5-9)14-15-16(11)10-6-3-7-10/h9-10H,1-8,13H2. The molecule has 4 nitrogen and oxygen atoms in total. The van der Waals surface area contributed by atoms with Gasteiger partial charge in [-0.05, 0) is 32.1 Å². The lowest BCUT2D eigenvalue weighted by Crippen LogP contribution is -2.22. The first-order chi connectivity index (χ1) is 7.90. The molecule has 0 bridgehead atoms. The molecule has 2 saturated carbocycles. The Morgan fingerprint density at radius 3 is 2.44 bits per heavy atom. The lowest BCUT2D eigenvalue weighted by Gasteiger charge is -2.26. The van der Waals surface area contributed by atoms with E-state index in [9.17, 15) is 0 Å². The quantitative estimate of drug-likeness (QED) is 0.848. The van der Waals surface area contributed by atoms with E-state index < -0.39 is 0 Å². The summed E-state index contributed by atoms with van der Waals surface area (Å²) in [6, 6.07) is 0.584. The molecule has 0 saturated heterocycles. The van der Waals surface area contributed by atoms with Crippen molar-refractivity contribution in [2.75, 3.05) is 0 Å². The van der Waals surface area contributed by atoms with Gasteiger partial charge in [0.15, 0.2) is 0 Å². The summed E-state index contributed by atoms with van der Waals surface area (Å²) in [6.45, 7) is 0.593. The van der Waals surface area contributed by atoms with Crippen LogP contribution in [0.15, 0.2) is 0 Å². The number of aromatic nitrogens is 3. The molecule has 0 radical (unpaired) electrons. The molecule has 1 aromatic heterocycles. The summed E-state index contributed by atoms with van der Waals surface area (Å²) in [5.41, 5.74) is 8.29. The van der Waals surface area contributed by atoms with Gasteiger partial charge < -0.3 is 5.73 Å². The smallest absolute Gasteiger partial charge is 0.0903 e. The molecule has 2 N–H and O–H groups in total. The van der Waals surface area contributed by atoms with Crippen molar-refractivity contribution in [1.29, 1.82) is 0 Å². The molecule has 0 atom stereocenters. The third-order valence-electron chi connectivity index (χ3n) is 4.18. The highest BCUT2D eigenvalue weighted by atomic mass is 15.4. The summed E-state index contributed by atoms with van der Waals surface area (Å²) < 4.78 is 2.11. The summed E-state index contributed by atoms with van der Waals surface area (Å²) in [5.74, 6) is 0.632. The Labute approximate surface area is 96.2 Å². The van der Waals surface area contributed by atoms with Gasteiger partial charge in [-0.25, -0.2) is 4.68 Å². The van der Waals surface area contributed by atoms with E-state index in [0.29, 0.717) is 18.5 Å². The highest BCUT2D eigenvalue weighted by Crippen LogP contribution is 2.37. The average Bonchev–Trinajstić information content (AvgIpc) is 2.81. The van der Waals surface area contributed by atoms with Crippen LogP contribution in [0, 0.1) is 0 Å². The van der Waals surface area contributed by atoms with Crippen molar-refractivity contribution < 1.29 is 0 Å². The van der Waals surface area contributed by atoms with Crippen molar-refractivity contribution in [3.05, 3.63) is 11.4 Å². The zero-order valence-corrected chi connectivity index (χ0v) is 9.73. The first-order valence-electron chi connectivity index (χ1n) is 6.54. The molecule has 2 aliphatic carbocycles. The lowest BCUT2D eigenvalue weighted by molar-refractivity contribution is 0.277. The maximum absolute atomic E-state index is 5.88. The Kier molecular flexibility index (Phi) is 2.67. The normalized spacial score (nSPS) is 22.6. The zero-order valence-electron chi connectivity index (χ0n) is 9.73. The van der Waals surface area contributed by atoms with Gasteiger partial charge in [0.05, 0.1) is 17.4 Å². The molecule has 1 aromatic rings. The minimum Gasteiger partial charge on any atom is -0.325 e. The summed E-state index contributed by atoms with van der Waals surface area (Å²) in [7, 11) is 0. The summed E-state index contributed by atoms with van der Waals surface area (Å²) in [6.07, 6.45) is 9.05. The van der Waals surface area contributed by atoms with Crippen molar-refractivity contribution in [2.45, 2.75) is 63.5 Å². The Balaban J connectivity index is 1.89. The molecule has 2 fully saturated rings. The predicted octanol–water partition coefficient (Wildman–Crippen LogP) is 2.12. The first kappa shape index (κ1) is 10.3. The van der Waals surface area contributed by atoms with Crippen LogP contribution in [0.2, 0.25) is 0 Å². The highest BCUT2D eigenvalue weighted by Gasteiger charge is 2.28. The van der Waals surface area contributed by atoms with E-state index >= 15 is 0 Å². The second kappa shape index (κ2) is 4.17. The summed E-state index contributed by atoms with van der Waals surface area (Å²) >= 11 is 0. The van der Waals surface area contributed by atoms with Crippen molar-refractivity contribution in [2.24, 2.45) is 5.73 Å². The fraction of sp³-hybridized carbons (Fsp3) is 0.833. The molecule has 0 aliphatic heterocycles. The fourth-order valence-electron chi connectivity index (χ4n) is 2.96. The predicted molar refractivity (Wildman–Crippen MR) is 62.0 cm³/mol. The SMILES string of the molecule is NCc1c(C2CCCC2)nnn1C1CCC1. The van der Waals surface area contributed by atoms with E-state index in [1.165, 1.54) is 56.3 Å². The number of hydrogen-bond donors (Lipinski definition) is 1. The van der Waals surface area contributed by atoms with Crippen molar-refractivity contribution in [3.8, 4) is 0 Å². The van der Waals surface area contributed by atoms with E-state index in [0.717, 1.165) is 0 Å². The van der Waals surface area contributed by atoms with Gasteiger partial charge in [-0.15, -0.1) is 5.10 Å². The van der Waals surface area contributed by atoms with Crippen LogP contribution in [0.1, 0.15) is 68.3 Å². The molecular formula is C12H20N4. The molecular weight excluding hydrogens is 200 g/mol. The molecule has 0 spiro atoms. The number of rotatable bonds is 3. The van der Waals surface area contributed by atoms with Crippen LogP contribution in [-0.2, 0) is 6.54 Å². The van der Waals surface area contributed by atoms with Crippen LogP contribution in [0.4, 0.5) is 0 Å². The van der Waals surface area contributed by atoms with Crippen LogP contribution >= 0.6 is 0 Å². The largest absolute Gasteiger partial charge is 0.325 e. The van der Waals surface area contributed by atoms with E-state index in [1.54, 1.807) is 0 Å². The average molecular weight is 220 g/mol. The van der Waals surface area contributed by atoms with Crippen LogP contribution < -0.4 is 5.73 Å². The molecule has 1 heterocycles. The van der Waals surface area contributed by atoms with Crippen molar-refractivity contribution in [1.82, 2.24) is 15.0 Å². The monoisotopic (exact) mass is 220 g/mol. The minimum atomic E-state index is 0.584. The molecule has 0 unspecified atom stereocenters. The number of hydrogen-bond acceptors (Lipinski definition) is 3. The Morgan fingerprint density at radius 1 is 1.12 bits per heavy atom. The second-order valence-electron chi connectivity index (χ2n) is 5.14. The molecule has 4 heteroatoms. The van der Waals surface area contributed by atoms with Crippen LogP contribution in [0.25, 0.3) is 0 Å². The Hall–Kier alpha value is -0.900. The summed E-state index contributed by atoms with van der Waals surface area (Å²) in [4.78, 5) is 0. The first-order valence-corrected chi connectivity index (χ1v) is 6.54. The molecule has 2 aliphatic rings. The molecule has 0 aromatic carbocycles. The number of nitrogens with zero attached hydrogens (tertiary/aromatic N) is 3. The van der Waals surface area contributed by atoms with Gasteiger partial charge in [0.25, 0.3) is 0 Å². The van der Waals surface area contributed by atoms with Crippen LogP contribution in [0.3, 0.4) is 0 Å². The maximum Gasteiger partial charge on any atom is 0.0903 e. The van der Waals surface area contributed by atoms with Crippen molar-refractivity contribution >= 4 is 0 Å². The molecule has 0 amide bonds. The van der Waals surface area contributed by atoms with Crippen molar-refractivity contribution in [3.63, 3.8) is 0 Å². The van der Waals surface area contributed by atoms with E-state index in [1.807, 2.05) is 0 Å². The van der Waals surface area contributed by atoms with Crippen LogP contribution in [0.5, 0.6) is 0 Å². The highest BCUT2D eigenvalue weighted by molar-refractivity contribution is 5.17. The molecule has 3 rings (SSSR count). The third kappa shape index (κ3) is 1.56. The van der Waals surface area contributed by atoms with E-state index in [2.05, 4.69) is 15.0 Å². The molecule has 88 valence electrons. The third-order valence-corrected chi connectivity index (χ3v) is 4.18. The molecule has 16 heavy (non-hydrogen) atoms. The van der Waals surface area contributed by atoms with E-state index in [4.69, 9.17) is 5.73 Å². The number of nitrogens with two attached hydrogens (primary N) is 1.